The molecule has 1 amide bonds. The molecule has 1 N–H and O–H groups in total. The number of hydrogen-bond acceptors (Lipinski definition) is 4. The molecule has 2 aromatic rings. The number of sulfonamides is 1. The van der Waals surface area contributed by atoms with Crippen molar-refractivity contribution in [2.24, 2.45) is 0 Å². The Balaban J connectivity index is 1.93. The summed E-state index contributed by atoms with van der Waals surface area (Å²) in [5.41, 5.74) is 2.36. The maximum absolute atomic E-state index is 12.2. The van der Waals surface area contributed by atoms with Crippen molar-refractivity contribution in [2.45, 2.75) is 13.8 Å². The number of nitrogens with one attached hydrogen (secondary N) is 1. The number of para-hydroxylation sites is 1. The van der Waals surface area contributed by atoms with E-state index in [2.05, 4.69) is 5.32 Å². The van der Waals surface area contributed by atoms with Gasteiger partial charge in [0.25, 0.3) is 0 Å². The topological polar surface area (TPSA) is 75.7 Å². The summed E-state index contributed by atoms with van der Waals surface area (Å²) in [6.07, 6.45) is 1.03. The molecule has 0 unspecified atom stereocenters. The van der Waals surface area contributed by atoms with Crippen LogP contribution in [0.3, 0.4) is 0 Å². The van der Waals surface area contributed by atoms with Crippen molar-refractivity contribution >= 4 is 33.2 Å². The van der Waals surface area contributed by atoms with Crippen LogP contribution in [-0.4, -0.2) is 40.3 Å². The maximum atomic E-state index is 12.2. The standard InChI is InChI=1S/C19H23ClN2O4S/c1-14-8-9-15(2)18(12-14)26-11-10-21-19(23)13-22(27(3,24)25)17-7-5-4-6-16(17)20/h4-9,12H,10-11,13H2,1-3H3,(H,21,23). The zero-order valence-electron chi connectivity index (χ0n) is 15.5. The van der Waals surface area contributed by atoms with Crippen LogP contribution in [0.1, 0.15) is 11.1 Å². The molecule has 0 radical (unpaired) electrons. The number of carbonyl (C=O) groups is 1. The van der Waals surface area contributed by atoms with Crippen LogP contribution in [0.5, 0.6) is 5.75 Å². The summed E-state index contributed by atoms with van der Waals surface area (Å²) in [7, 11) is -3.66. The van der Waals surface area contributed by atoms with Crippen molar-refractivity contribution < 1.29 is 17.9 Å². The molecule has 2 rings (SSSR count). The number of halogens is 1. The third kappa shape index (κ3) is 6.15. The van der Waals surface area contributed by atoms with Gasteiger partial charge in [-0.05, 0) is 43.2 Å². The van der Waals surface area contributed by atoms with E-state index in [0.717, 1.165) is 27.4 Å². The highest BCUT2D eigenvalue weighted by atomic mass is 35.5. The van der Waals surface area contributed by atoms with Crippen LogP contribution in [0.4, 0.5) is 5.69 Å². The SMILES string of the molecule is Cc1ccc(C)c(OCCNC(=O)CN(c2ccccc2Cl)S(C)(=O)=O)c1. The predicted octanol–water partition coefficient (Wildman–Crippen LogP) is 2.92. The van der Waals surface area contributed by atoms with Gasteiger partial charge < -0.3 is 10.1 Å². The Bertz CT molecular complexity index is 916. The Morgan fingerprint density at radius 1 is 1.19 bits per heavy atom. The second-order valence-corrected chi connectivity index (χ2v) is 8.50. The fraction of sp³-hybridized carbons (Fsp3) is 0.316. The van der Waals surface area contributed by atoms with Gasteiger partial charge in [0, 0.05) is 0 Å². The maximum Gasteiger partial charge on any atom is 0.240 e. The average Bonchev–Trinajstić information content (AvgIpc) is 2.59. The van der Waals surface area contributed by atoms with Gasteiger partial charge in [-0.1, -0.05) is 35.9 Å². The van der Waals surface area contributed by atoms with Crippen molar-refractivity contribution in [1.29, 1.82) is 0 Å². The predicted molar refractivity (Wildman–Crippen MR) is 108 cm³/mol. The number of rotatable bonds is 8. The van der Waals surface area contributed by atoms with Crippen molar-refractivity contribution in [2.75, 3.05) is 30.3 Å². The Kier molecular flexibility index (Phi) is 7.10. The van der Waals surface area contributed by atoms with Gasteiger partial charge in [-0.3, -0.25) is 9.10 Å². The van der Waals surface area contributed by atoms with Crippen LogP contribution < -0.4 is 14.4 Å². The molecular weight excluding hydrogens is 388 g/mol. The van der Waals surface area contributed by atoms with Crippen LogP contribution in [-0.2, 0) is 14.8 Å². The molecule has 0 aromatic heterocycles. The van der Waals surface area contributed by atoms with Crippen molar-refractivity contribution in [3.05, 3.63) is 58.6 Å². The lowest BCUT2D eigenvalue weighted by Gasteiger charge is -2.22. The van der Waals surface area contributed by atoms with E-state index in [1.54, 1.807) is 24.3 Å². The lowest BCUT2D eigenvalue weighted by molar-refractivity contribution is -0.119. The first-order valence-electron chi connectivity index (χ1n) is 8.37. The smallest absolute Gasteiger partial charge is 0.240 e. The molecule has 0 saturated heterocycles. The molecule has 0 bridgehead atoms. The average molecular weight is 411 g/mol. The van der Waals surface area contributed by atoms with Gasteiger partial charge in [-0.25, -0.2) is 8.42 Å². The largest absolute Gasteiger partial charge is 0.491 e. The number of aryl methyl sites for hydroxylation is 2. The third-order valence-electron chi connectivity index (χ3n) is 3.83. The first kappa shape index (κ1) is 21.1. The van der Waals surface area contributed by atoms with Crippen molar-refractivity contribution in [3.8, 4) is 5.75 Å². The van der Waals surface area contributed by atoms with Crippen LogP contribution in [0, 0.1) is 13.8 Å². The molecule has 0 fully saturated rings. The van der Waals surface area contributed by atoms with Gasteiger partial charge in [-0.15, -0.1) is 0 Å². The summed E-state index contributed by atoms with van der Waals surface area (Å²) in [4.78, 5) is 12.2. The Hall–Kier alpha value is -2.25. The molecule has 0 aliphatic rings. The number of amides is 1. The number of ether oxygens (including phenoxy) is 1. The molecule has 0 aliphatic heterocycles. The molecular formula is C19H23ClN2O4S. The summed E-state index contributed by atoms with van der Waals surface area (Å²) < 4.78 is 30.8. The lowest BCUT2D eigenvalue weighted by atomic mass is 10.1. The monoisotopic (exact) mass is 410 g/mol. The number of nitrogens with zero attached hydrogens (tertiary/aromatic N) is 1. The van der Waals surface area contributed by atoms with Gasteiger partial charge in [0.1, 0.15) is 18.9 Å². The molecule has 0 spiro atoms. The molecule has 0 saturated carbocycles. The van der Waals surface area contributed by atoms with Gasteiger partial charge in [0.15, 0.2) is 0 Å². The Labute approximate surface area is 165 Å². The van der Waals surface area contributed by atoms with E-state index >= 15 is 0 Å². The van der Waals surface area contributed by atoms with E-state index in [1.165, 1.54) is 0 Å². The molecule has 6 nitrogen and oxygen atoms in total. The number of benzene rings is 2. The van der Waals surface area contributed by atoms with E-state index in [-0.39, 0.29) is 30.4 Å². The van der Waals surface area contributed by atoms with Gasteiger partial charge in [0.05, 0.1) is 23.5 Å². The number of carbonyl (C=O) groups excluding carboxylic acids is 1. The van der Waals surface area contributed by atoms with E-state index in [9.17, 15) is 13.2 Å². The minimum Gasteiger partial charge on any atom is -0.491 e. The fourth-order valence-electron chi connectivity index (χ4n) is 2.44. The molecule has 8 heteroatoms. The van der Waals surface area contributed by atoms with Crippen LogP contribution in [0.15, 0.2) is 42.5 Å². The second kappa shape index (κ2) is 9.10. The van der Waals surface area contributed by atoms with Gasteiger partial charge in [0.2, 0.25) is 15.9 Å². The molecule has 2 aromatic carbocycles. The van der Waals surface area contributed by atoms with E-state index in [4.69, 9.17) is 16.3 Å². The normalized spacial score (nSPS) is 11.1. The minimum absolute atomic E-state index is 0.256. The van der Waals surface area contributed by atoms with E-state index in [1.807, 2.05) is 32.0 Å². The minimum atomic E-state index is -3.66. The highest BCUT2D eigenvalue weighted by molar-refractivity contribution is 7.92. The van der Waals surface area contributed by atoms with Crippen molar-refractivity contribution in [3.63, 3.8) is 0 Å². The molecule has 146 valence electrons. The highest BCUT2D eigenvalue weighted by Crippen LogP contribution is 2.26. The van der Waals surface area contributed by atoms with E-state index in [0.29, 0.717) is 0 Å². The van der Waals surface area contributed by atoms with Crippen LogP contribution in [0.2, 0.25) is 5.02 Å². The summed E-state index contributed by atoms with van der Waals surface area (Å²) in [5, 5.41) is 2.92. The Morgan fingerprint density at radius 3 is 2.56 bits per heavy atom. The number of hydrogen-bond donors (Lipinski definition) is 1. The van der Waals surface area contributed by atoms with Gasteiger partial charge in [-0.2, -0.15) is 0 Å². The lowest BCUT2D eigenvalue weighted by Crippen LogP contribution is -2.41. The molecule has 0 aliphatic carbocycles. The summed E-state index contributed by atoms with van der Waals surface area (Å²) in [6.45, 7) is 4.10. The zero-order valence-corrected chi connectivity index (χ0v) is 17.1. The Morgan fingerprint density at radius 2 is 1.89 bits per heavy atom. The second-order valence-electron chi connectivity index (χ2n) is 6.19. The molecule has 27 heavy (non-hydrogen) atoms. The van der Waals surface area contributed by atoms with Gasteiger partial charge >= 0.3 is 0 Å². The van der Waals surface area contributed by atoms with Crippen LogP contribution in [0.25, 0.3) is 0 Å². The quantitative estimate of drug-likeness (QED) is 0.679. The number of anilines is 1. The highest BCUT2D eigenvalue weighted by Gasteiger charge is 2.22. The van der Waals surface area contributed by atoms with E-state index < -0.39 is 15.9 Å². The zero-order chi connectivity index (χ0) is 20.0. The third-order valence-corrected chi connectivity index (χ3v) is 5.28. The summed E-state index contributed by atoms with van der Waals surface area (Å²) >= 11 is 6.07. The summed E-state index contributed by atoms with van der Waals surface area (Å²) in [6, 6.07) is 12.4. The summed E-state index contributed by atoms with van der Waals surface area (Å²) in [5.74, 6) is 0.322. The first-order chi connectivity index (χ1) is 12.7. The molecule has 0 heterocycles. The van der Waals surface area contributed by atoms with Crippen LogP contribution >= 0.6 is 11.6 Å². The first-order valence-corrected chi connectivity index (χ1v) is 10.6. The fourth-order valence-corrected chi connectivity index (χ4v) is 3.59. The molecule has 0 atom stereocenters. The van der Waals surface area contributed by atoms with Crippen molar-refractivity contribution in [1.82, 2.24) is 5.32 Å².